The fourth-order valence-electron chi connectivity index (χ4n) is 2.91. The number of nitrogens with zero attached hydrogens (tertiary/aromatic N) is 3. The van der Waals surface area contributed by atoms with E-state index < -0.39 is 17.2 Å². The van der Waals surface area contributed by atoms with Crippen molar-refractivity contribution in [1.82, 2.24) is 20.2 Å². The molecule has 3 N–H and O–H groups in total. The molecule has 0 spiro atoms. The first-order valence-corrected chi connectivity index (χ1v) is 9.68. The van der Waals surface area contributed by atoms with Crippen LogP contribution in [0.15, 0.2) is 42.5 Å². The van der Waals surface area contributed by atoms with Crippen LogP contribution >= 0.6 is 11.6 Å². The van der Waals surface area contributed by atoms with Crippen LogP contribution in [0.5, 0.6) is 11.8 Å². The highest BCUT2D eigenvalue weighted by Gasteiger charge is 2.24. The Kier molecular flexibility index (Phi) is 5.47. The normalized spacial score (nSPS) is 11.7. The first kappa shape index (κ1) is 21.0. The lowest BCUT2D eigenvalue weighted by molar-refractivity contribution is 0.234. The third kappa shape index (κ3) is 4.28. The summed E-state index contributed by atoms with van der Waals surface area (Å²) in [5, 5.41) is 21.0. The Morgan fingerprint density at radius 1 is 1.16 bits per heavy atom. The number of rotatable bonds is 6. The maximum atomic E-state index is 14.0. The first-order valence-electron chi connectivity index (χ1n) is 9.30. The number of ether oxygens (including phenoxy) is 1. The molecule has 7 nitrogen and oxygen atoms in total. The van der Waals surface area contributed by atoms with Crippen molar-refractivity contribution >= 4 is 28.5 Å². The van der Waals surface area contributed by atoms with Crippen LogP contribution in [0.3, 0.4) is 0 Å². The van der Waals surface area contributed by atoms with Gasteiger partial charge in [0.25, 0.3) is 0 Å². The Morgan fingerprint density at radius 2 is 1.94 bits per heavy atom. The Balaban J connectivity index is 1.86. The highest BCUT2D eigenvalue weighted by Crippen LogP contribution is 2.36. The number of benzene rings is 2. The standard InChI is InChI=1S/C21H18ClF2N5O2/c1-21(2,10-30)27-18-16-17(12-5-3-4-6-13(12)22)28-29-19(16)26-20(25-18)31-15-8-7-11(23)9-14(15)24/h3-9,30H,10H2,1-2H3,(H2,25,26,27,28,29). The molecule has 0 atom stereocenters. The minimum Gasteiger partial charge on any atom is -0.421 e. The van der Waals surface area contributed by atoms with Crippen LogP contribution in [0.4, 0.5) is 14.6 Å². The summed E-state index contributed by atoms with van der Waals surface area (Å²) in [5.41, 5.74) is 0.700. The molecule has 0 unspecified atom stereocenters. The van der Waals surface area contributed by atoms with E-state index in [1.54, 1.807) is 32.0 Å². The number of aromatic amines is 1. The molecule has 31 heavy (non-hydrogen) atoms. The maximum absolute atomic E-state index is 14.0. The topological polar surface area (TPSA) is 96.0 Å². The van der Waals surface area contributed by atoms with E-state index in [2.05, 4.69) is 25.5 Å². The first-order chi connectivity index (χ1) is 14.8. The van der Waals surface area contributed by atoms with E-state index in [4.69, 9.17) is 16.3 Å². The number of aliphatic hydroxyl groups excluding tert-OH is 1. The fourth-order valence-corrected chi connectivity index (χ4v) is 3.14. The van der Waals surface area contributed by atoms with Crippen molar-refractivity contribution in [3.8, 4) is 23.0 Å². The van der Waals surface area contributed by atoms with Gasteiger partial charge in [-0.05, 0) is 32.0 Å². The fraction of sp³-hybridized carbons (Fsp3) is 0.190. The number of H-pyrrole nitrogens is 1. The molecule has 160 valence electrons. The summed E-state index contributed by atoms with van der Waals surface area (Å²) in [6.07, 6.45) is 0. The predicted molar refractivity (Wildman–Crippen MR) is 113 cm³/mol. The Morgan fingerprint density at radius 3 is 2.65 bits per heavy atom. The van der Waals surface area contributed by atoms with Gasteiger partial charge in [0, 0.05) is 11.6 Å². The van der Waals surface area contributed by atoms with Crippen molar-refractivity contribution in [1.29, 1.82) is 0 Å². The molecule has 0 bridgehead atoms. The van der Waals surface area contributed by atoms with Crippen LogP contribution in [-0.4, -0.2) is 37.4 Å². The summed E-state index contributed by atoms with van der Waals surface area (Å²) in [6.45, 7) is 3.35. The number of aromatic nitrogens is 4. The minimum atomic E-state index is -0.893. The van der Waals surface area contributed by atoms with Crippen LogP contribution < -0.4 is 10.1 Å². The lowest BCUT2D eigenvalue weighted by Gasteiger charge is -2.24. The van der Waals surface area contributed by atoms with Crippen LogP contribution in [0.1, 0.15) is 13.8 Å². The monoisotopic (exact) mass is 445 g/mol. The zero-order chi connectivity index (χ0) is 22.2. The minimum absolute atomic E-state index is 0.191. The van der Waals surface area contributed by atoms with Gasteiger partial charge in [-0.2, -0.15) is 15.1 Å². The van der Waals surface area contributed by atoms with Crippen molar-refractivity contribution in [2.75, 3.05) is 11.9 Å². The van der Waals surface area contributed by atoms with Gasteiger partial charge in [0.1, 0.15) is 17.3 Å². The number of hydrogen-bond donors (Lipinski definition) is 3. The molecule has 0 amide bonds. The molecule has 0 saturated carbocycles. The molecule has 0 radical (unpaired) electrons. The third-order valence-corrected chi connectivity index (χ3v) is 4.80. The highest BCUT2D eigenvalue weighted by molar-refractivity contribution is 6.33. The van der Waals surface area contributed by atoms with Gasteiger partial charge in [-0.1, -0.05) is 29.8 Å². The average Bonchev–Trinajstić information content (AvgIpc) is 3.14. The van der Waals surface area contributed by atoms with Crippen molar-refractivity contribution < 1.29 is 18.6 Å². The zero-order valence-corrected chi connectivity index (χ0v) is 17.3. The summed E-state index contributed by atoms with van der Waals surface area (Å²) in [5.74, 6) is -1.56. The predicted octanol–water partition coefficient (Wildman–Crippen LogP) is 4.93. The molecular formula is C21H18ClF2N5O2. The van der Waals surface area contributed by atoms with Gasteiger partial charge < -0.3 is 15.2 Å². The second kappa shape index (κ2) is 8.09. The second-order valence-corrected chi connectivity index (χ2v) is 7.88. The lowest BCUT2D eigenvalue weighted by atomic mass is 10.1. The number of aliphatic hydroxyl groups is 1. The van der Waals surface area contributed by atoms with Gasteiger partial charge in [0.15, 0.2) is 17.2 Å². The molecule has 10 heteroatoms. The molecule has 0 aliphatic rings. The highest BCUT2D eigenvalue weighted by atomic mass is 35.5. The van der Waals surface area contributed by atoms with E-state index in [0.717, 1.165) is 12.1 Å². The van der Waals surface area contributed by atoms with Crippen molar-refractivity contribution in [3.63, 3.8) is 0 Å². The summed E-state index contributed by atoms with van der Waals surface area (Å²) in [7, 11) is 0. The Labute approximate surface area is 181 Å². The summed E-state index contributed by atoms with van der Waals surface area (Å²) in [6, 6.07) is 9.88. The largest absolute Gasteiger partial charge is 0.421 e. The van der Waals surface area contributed by atoms with E-state index in [9.17, 15) is 13.9 Å². The van der Waals surface area contributed by atoms with Crippen LogP contribution in [-0.2, 0) is 0 Å². The second-order valence-electron chi connectivity index (χ2n) is 7.47. The van der Waals surface area contributed by atoms with Crippen LogP contribution in [0.25, 0.3) is 22.3 Å². The number of nitrogens with one attached hydrogen (secondary N) is 2. The molecule has 2 heterocycles. The molecule has 4 aromatic rings. The number of anilines is 1. The lowest BCUT2D eigenvalue weighted by Crippen LogP contribution is -2.35. The van der Waals surface area contributed by atoms with Gasteiger partial charge in [-0.15, -0.1) is 0 Å². The third-order valence-electron chi connectivity index (χ3n) is 4.48. The van der Waals surface area contributed by atoms with E-state index in [-0.39, 0.29) is 18.4 Å². The SMILES string of the molecule is CC(C)(CO)Nc1nc(Oc2ccc(F)cc2F)nc2[nH]nc(-c3ccccc3Cl)c12. The number of fused-ring (bicyclic) bond motifs is 1. The number of halogens is 3. The molecule has 0 saturated heterocycles. The van der Waals surface area contributed by atoms with E-state index in [1.165, 1.54) is 0 Å². The van der Waals surface area contributed by atoms with Crippen molar-refractivity contribution in [2.24, 2.45) is 0 Å². The molecule has 4 rings (SSSR count). The van der Waals surface area contributed by atoms with E-state index in [0.29, 0.717) is 39.2 Å². The Hall–Kier alpha value is -3.30. The summed E-state index contributed by atoms with van der Waals surface area (Å²) < 4.78 is 32.7. The molecule has 0 aliphatic carbocycles. The van der Waals surface area contributed by atoms with Crippen molar-refractivity contribution in [2.45, 2.75) is 19.4 Å². The molecule has 0 fully saturated rings. The molecule has 2 aromatic carbocycles. The van der Waals surface area contributed by atoms with Gasteiger partial charge in [-0.25, -0.2) is 8.78 Å². The molecule has 0 aliphatic heterocycles. The smallest absolute Gasteiger partial charge is 0.326 e. The average molecular weight is 446 g/mol. The Bertz CT molecular complexity index is 1260. The maximum Gasteiger partial charge on any atom is 0.326 e. The van der Waals surface area contributed by atoms with E-state index >= 15 is 0 Å². The van der Waals surface area contributed by atoms with Gasteiger partial charge >= 0.3 is 6.01 Å². The summed E-state index contributed by atoms with van der Waals surface area (Å²) >= 11 is 6.35. The number of hydrogen-bond acceptors (Lipinski definition) is 6. The van der Waals surface area contributed by atoms with Gasteiger partial charge in [0.05, 0.1) is 22.6 Å². The van der Waals surface area contributed by atoms with Crippen LogP contribution in [0, 0.1) is 11.6 Å². The summed E-state index contributed by atoms with van der Waals surface area (Å²) in [4.78, 5) is 8.63. The van der Waals surface area contributed by atoms with E-state index in [1.807, 2.05) is 6.07 Å². The van der Waals surface area contributed by atoms with Gasteiger partial charge in [0.2, 0.25) is 0 Å². The van der Waals surface area contributed by atoms with Crippen molar-refractivity contribution in [3.05, 3.63) is 59.1 Å². The quantitative estimate of drug-likeness (QED) is 0.389. The van der Waals surface area contributed by atoms with Gasteiger partial charge in [-0.3, -0.25) is 5.10 Å². The van der Waals surface area contributed by atoms with Crippen LogP contribution in [0.2, 0.25) is 5.02 Å². The molecule has 2 aromatic heterocycles. The zero-order valence-electron chi connectivity index (χ0n) is 16.6. The molecular weight excluding hydrogens is 428 g/mol.